The number of methoxy groups -OCH3 is 1. The fourth-order valence-electron chi connectivity index (χ4n) is 2.19. The van der Waals surface area contributed by atoms with Crippen molar-refractivity contribution in [1.29, 1.82) is 0 Å². The van der Waals surface area contributed by atoms with Crippen molar-refractivity contribution in [3.05, 3.63) is 0 Å². The molecule has 70 valence electrons. The zero-order valence-electron chi connectivity index (χ0n) is 7.22. The van der Waals surface area contributed by atoms with E-state index in [4.69, 9.17) is 4.74 Å². The van der Waals surface area contributed by atoms with Crippen LogP contribution in [0.1, 0.15) is 12.8 Å². The van der Waals surface area contributed by atoms with Gasteiger partial charge in [-0.3, -0.25) is 10.9 Å². The fraction of sp³-hybridized carbons (Fsp3) is 1.00. The van der Waals surface area contributed by atoms with E-state index in [-0.39, 0.29) is 12.1 Å². The number of hydrogen-bond acceptors (Lipinski definition) is 3. The molecule has 1 aliphatic heterocycles. The van der Waals surface area contributed by atoms with Crippen LogP contribution in [0.4, 0.5) is 4.39 Å². The van der Waals surface area contributed by atoms with Crippen LogP contribution in [0.3, 0.4) is 0 Å². The van der Waals surface area contributed by atoms with E-state index in [2.05, 4.69) is 10.9 Å². The highest BCUT2D eigenvalue weighted by Gasteiger charge is 2.42. The topological polar surface area (TPSA) is 33.3 Å². The molecule has 0 aromatic rings. The van der Waals surface area contributed by atoms with E-state index >= 15 is 0 Å². The summed E-state index contributed by atoms with van der Waals surface area (Å²) in [6, 6.07) is -0.0382. The Morgan fingerprint density at radius 2 is 2.25 bits per heavy atom. The van der Waals surface area contributed by atoms with Gasteiger partial charge >= 0.3 is 0 Å². The molecule has 4 atom stereocenters. The van der Waals surface area contributed by atoms with Crippen LogP contribution in [0, 0.1) is 5.92 Å². The molecule has 1 saturated heterocycles. The van der Waals surface area contributed by atoms with Gasteiger partial charge in [0.25, 0.3) is 0 Å². The minimum atomic E-state index is -0.858. The van der Waals surface area contributed by atoms with Crippen molar-refractivity contribution in [2.24, 2.45) is 5.92 Å². The molecule has 0 bridgehead atoms. The molecule has 1 aliphatic carbocycles. The van der Waals surface area contributed by atoms with Crippen LogP contribution in [-0.4, -0.2) is 32.0 Å². The summed E-state index contributed by atoms with van der Waals surface area (Å²) in [6.07, 6.45) is 0.841. The van der Waals surface area contributed by atoms with Gasteiger partial charge < -0.3 is 4.74 Å². The van der Waals surface area contributed by atoms with Gasteiger partial charge in [-0.25, -0.2) is 4.39 Å². The molecule has 2 aliphatic rings. The number of nitrogens with one attached hydrogen (secondary N) is 2. The van der Waals surface area contributed by atoms with Gasteiger partial charge in [0.2, 0.25) is 0 Å². The highest BCUT2D eigenvalue weighted by Crippen LogP contribution is 2.30. The van der Waals surface area contributed by atoms with Crippen molar-refractivity contribution in [3.8, 4) is 0 Å². The quantitative estimate of drug-likeness (QED) is 0.597. The highest BCUT2D eigenvalue weighted by molar-refractivity contribution is 4.96. The molecule has 2 rings (SSSR count). The number of fused-ring (bicyclic) bond motifs is 1. The van der Waals surface area contributed by atoms with Crippen molar-refractivity contribution in [1.82, 2.24) is 10.9 Å². The van der Waals surface area contributed by atoms with Crippen LogP contribution in [0.5, 0.6) is 0 Å². The fourth-order valence-corrected chi connectivity index (χ4v) is 2.19. The Morgan fingerprint density at radius 3 is 3.00 bits per heavy atom. The van der Waals surface area contributed by atoms with Crippen LogP contribution in [0.25, 0.3) is 0 Å². The minimum Gasteiger partial charge on any atom is -0.378 e. The van der Waals surface area contributed by atoms with Gasteiger partial charge in [0.1, 0.15) is 6.17 Å². The number of hydrogen-bond donors (Lipinski definition) is 2. The highest BCUT2D eigenvalue weighted by atomic mass is 19.1. The molecule has 1 saturated carbocycles. The Balaban J connectivity index is 2.02. The molecule has 0 spiro atoms. The number of alkyl halides is 1. The van der Waals surface area contributed by atoms with Crippen molar-refractivity contribution in [2.75, 3.05) is 13.7 Å². The van der Waals surface area contributed by atoms with Gasteiger partial charge in [-0.05, 0) is 18.8 Å². The van der Waals surface area contributed by atoms with Gasteiger partial charge in [0.05, 0.1) is 12.1 Å². The smallest absolute Gasteiger partial charge is 0.143 e. The molecule has 4 unspecified atom stereocenters. The minimum absolute atomic E-state index is 0.0382. The number of halogens is 1. The number of hydrazine groups is 1. The van der Waals surface area contributed by atoms with E-state index in [1.807, 2.05) is 0 Å². The predicted molar refractivity (Wildman–Crippen MR) is 43.3 cm³/mol. The van der Waals surface area contributed by atoms with Crippen LogP contribution in [0.2, 0.25) is 0 Å². The Hall–Kier alpha value is -0.190. The Labute approximate surface area is 71.6 Å². The average molecular weight is 174 g/mol. The van der Waals surface area contributed by atoms with Gasteiger partial charge in [-0.1, -0.05) is 0 Å². The third kappa shape index (κ3) is 1.24. The average Bonchev–Trinajstić information content (AvgIpc) is 2.53. The maximum atomic E-state index is 13.6. The molecule has 12 heavy (non-hydrogen) atoms. The summed E-state index contributed by atoms with van der Waals surface area (Å²) in [5.41, 5.74) is 5.96. The SMILES string of the molecule is COC1CCC2CNNC2C1F. The van der Waals surface area contributed by atoms with Crippen LogP contribution in [0.15, 0.2) is 0 Å². The summed E-state index contributed by atoms with van der Waals surface area (Å²) in [5, 5.41) is 0. The van der Waals surface area contributed by atoms with Crippen LogP contribution in [-0.2, 0) is 4.74 Å². The number of ether oxygens (including phenoxy) is 1. The van der Waals surface area contributed by atoms with Crippen molar-refractivity contribution in [2.45, 2.75) is 31.2 Å². The van der Waals surface area contributed by atoms with Gasteiger partial charge in [0, 0.05) is 13.7 Å². The Bertz CT molecular complexity index is 167. The first-order chi connectivity index (χ1) is 5.83. The predicted octanol–water partition coefficient (Wildman–Crippen LogP) is 0.226. The van der Waals surface area contributed by atoms with E-state index < -0.39 is 6.17 Å². The third-order valence-corrected chi connectivity index (χ3v) is 2.96. The standard InChI is InChI=1S/C8H15FN2O/c1-12-6-3-2-5-4-10-11-8(5)7(6)9/h5-8,10-11H,2-4H2,1H3. The lowest BCUT2D eigenvalue weighted by Crippen LogP contribution is -2.49. The van der Waals surface area contributed by atoms with Crippen LogP contribution < -0.4 is 10.9 Å². The molecule has 0 aromatic carbocycles. The summed E-state index contributed by atoms with van der Waals surface area (Å²) < 4.78 is 18.6. The molecule has 2 fully saturated rings. The first-order valence-electron chi connectivity index (χ1n) is 4.48. The molecule has 0 aromatic heterocycles. The zero-order valence-corrected chi connectivity index (χ0v) is 7.22. The van der Waals surface area contributed by atoms with E-state index in [0.29, 0.717) is 5.92 Å². The first-order valence-corrected chi connectivity index (χ1v) is 4.48. The maximum Gasteiger partial charge on any atom is 0.143 e. The molecule has 0 amide bonds. The molecular formula is C8H15FN2O. The van der Waals surface area contributed by atoms with E-state index in [0.717, 1.165) is 19.4 Å². The largest absolute Gasteiger partial charge is 0.378 e. The molecule has 1 heterocycles. The maximum absolute atomic E-state index is 13.6. The van der Waals surface area contributed by atoms with Gasteiger partial charge in [-0.15, -0.1) is 0 Å². The molecule has 4 heteroatoms. The first kappa shape index (κ1) is 8.41. The lowest BCUT2D eigenvalue weighted by molar-refractivity contribution is -0.0187. The number of rotatable bonds is 1. The normalized spacial score (nSPS) is 47.5. The Morgan fingerprint density at radius 1 is 1.42 bits per heavy atom. The van der Waals surface area contributed by atoms with Gasteiger partial charge in [0.15, 0.2) is 0 Å². The Kier molecular flexibility index (Phi) is 2.30. The second kappa shape index (κ2) is 3.28. The van der Waals surface area contributed by atoms with Crippen LogP contribution >= 0.6 is 0 Å². The molecular weight excluding hydrogens is 159 g/mol. The monoisotopic (exact) mass is 174 g/mol. The van der Waals surface area contributed by atoms with Crippen molar-refractivity contribution < 1.29 is 9.13 Å². The summed E-state index contributed by atoms with van der Waals surface area (Å²) >= 11 is 0. The molecule has 0 radical (unpaired) electrons. The molecule has 3 nitrogen and oxygen atoms in total. The molecule has 2 N–H and O–H groups in total. The van der Waals surface area contributed by atoms with Gasteiger partial charge in [-0.2, -0.15) is 0 Å². The second-order valence-electron chi connectivity index (χ2n) is 3.61. The van der Waals surface area contributed by atoms with E-state index in [1.165, 1.54) is 0 Å². The summed E-state index contributed by atoms with van der Waals surface area (Å²) in [5.74, 6) is 0.450. The zero-order chi connectivity index (χ0) is 8.55. The second-order valence-corrected chi connectivity index (χ2v) is 3.61. The van der Waals surface area contributed by atoms with E-state index in [1.54, 1.807) is 7.11 Å². The lowest BCUT2D eigenvalue weighted by atomic mass is 9.83. The summed E-state index contributed by atoms with van der Waals surface area (Å²) in [6.45, 7) is 0.890. The third-order valence-electron chi connectivity index (χ3n) is 2.96. The lowest BCUT2D eigenvalue weighted by Gasteiger charge is -2.33. The van der Waals surface area contributed by atoms with E-state index in [9.17, 15) is 4.39 Å². The van der Waals surface area contributed by atoms with Crippen molar-refractivity contribution >= 4 is 0 Å². The summed E-state index contributed by atoms with van der Waals surface area (Å²) in [4.78, 5) is 0. The summed E-state index contributed by atoms with van der Waals surface area (Å²) in [7, 11) is 1.58. The van der Waals surface area contributed by atoms with Crippen molar-refractivity contribution in [3.63, 3.8) is 0 Å².